The third-order valence-electron chi connectivity index (χ3n) is 3.76. The monoisotopic (exact) mass is 276 g/mol. The number of hydrogen-bond acceptors (Lipinski definition) is 4. The van der Waals surface area contributed by atoms with Crippen LogP contribution in [0.4, 0.5) is 5.69 Å². The third kappa shape index (κ3) is 4.46. The van der Waals surface area contributed by atoms with Crippen molar-refractivity contribution in [3.05, 3.63) is 24.0 Å². The number of pyridine rings is 1. The van der Waals surface area contributed by atoms with Crippen molar-refractivity contribution in [2.45, 2.75) is 39.3 Å². The van der Waals surface area contributed by atoms with Crippen molar-refractivity contribution in [1.82, 2.24) is 15.2 Å². The van der Waals surface area contributed by atoms with Gasteiger partial charge < -0.3 is 15.1 Å². The van der Waals surface area contributed by atoms with Crippen LogP contribution in [0.1, 0.15) is 32.8 Å². The molecule has 4 heteroatoms. The van der Waals surface area contributed by atoms with E-state index in [1.54, 1.807) is 0 Å². The van der Waals surface area contributed by atoms with E-state index in [1.165, 1.54) is 24.2 Å². The first kappa shape index (κ1) is 15.3. The van der Waals surface area contributed by atoms with Crippen molar-refractivity contribution in [2.24, 2.45) is 0 Å². The normalized spacial score (nSPS) is 18.1. The third-order valence-corrected chi connectivity index (χ3v) is 3.76. The number of anilines is 1. The van der Waals surface area contributed by atoms with E-state index in [0.29, 0.717) is 0 Å². The van der Waals surface area contributed by atoms with Crippen LogP contribution in [0.15, 0.2) is 18.5 Å². The van der Waals surface area contributed by atoms with Gasteiger partial charge >= 0.3 is 0 Å². The summed E-state index contributed by atoms with van der Waals surface area (Å²) in [6.45, 7) is 12.0. The van der Waals surface area contributed by atoms with Crippen LogP contribution in [0.2, 0.25) is 0 Å². The van der Waals surface area contributed by atoms with Crippen LogP contribution >= 0.6 is 0 Å². The summed E-state index contributed by atoms with van der Waals surface area (Å²) in [5.41, 5.74) is 2.78. The van der Waals surface area contributed by atoms with Crippen molar-refractivity contribution in [1.29, 1.82) is 0 Å². The van der Waals surface area contributed by atoms with Crippen molar-refractivity contribution >= 4 is 5.69 Å². The Bertz CT molecular complexity index is 425. The maximum atomic E-state index is 4.33. The molecule has 0 atom stereocenters. The van der Waals surface area contributed by atoms with E-state index in [2.05, 4.69) is 54.0 Å². The van der Waals surface area contributed by atoms with E-state index in [9.17, 15) is 0 Å². The van der Waals surface area contributed by atoms with Crippen molar-refractivity contribution in [2.75, 3.05) is 38.1 Å². The highest BCUT2D eigenvalue weighted by atomic mass is 15.2. The summed E-state index contributed by atoms with van der Waals surface area (Å²) < 4.78 is 0. The minimum atomic E-state index is 0.138. The van der Waals surface area contributed by atoms with Gasteiger partial charge in [-0.3, -0.25) is 4.98 Å². The second-order valence-electron chi connectivity index (χ2n) is 6.75. The van der Waals surface area contributed by atoms with Crippen LogP contribution in [0.5, 0.6) is 0 Å². The Kier molecular flexibility index (Phi) is 5.00. The molecular formula is C16H28N4. The van der Waals surface area contributed by atoms with Gasteiger partial charge in [0.1, 0.15) is 0 Å². The molecule has 1 saturated heterocycles. The van der Waals surface area contributed by atoms with Crippen LogP contribution in [0, 0.1) is 0 Å². The average Bonchev–Trinajstić information content (AvgIpc) is 2.61. The van der Waals surface area contributed by atoms with Crippen LogP contribution in [0.3, 0.4) is 0 Å². The smallest absolute Gasteiger partial charge is 0.0598 e. The molecule has 2 rings (SSSR count). The van der Waals surface area contributed by atoms with Gasteiger partial charge in [-0.1, -0.05) is 0 Å². The summed E-state index contributed by atoms with van der Waals surface area (Å²) in [7, 11) is 2.20. The molecule has 20 heavy (non-hydrogen) atoms. The zero-order valence-corrected chi connectivity index (χ0v) is 13.3. The Morgan fingerprint density at radius 3 is 2.75 bits per heavy atom. The molecule has 2 heterocycles. The fourth-order valence-electron chi connectivity index (χ4n) is 2.50. The van der Waals surface area contributed by atoms with Gasteiger partial charge in [0.25, 0.3) is 0 Å². The molecule has 112 valence electrons. The van der Waals surface area contributed by atoms with Gasteiger partial charge in [0.2, 0.25) is 0 Å². The standard InChI is InChI=1S/C16H28N4/c1-16(2,3)18-12-14-6-7-17-13-15(14)20-9-5-8-19(4)10-11-20/h6-7,13,18H,5,8-12H2,1-4H3. The molecule has 0 aromatic carbocycles. The summed E-state index contributed by atoms with van der Waals surface area (Å²) in [6, 6.07) is 2.14. The number of nitrogens with one attached hydrogen (secondary N) is 1. The maximum Gasteiger partial charge on any atom is 0.0598 e. The zero-order valence-electron chi connectivity index (χ0n) is 13.3. The Morgan fingerprint density at radius 2 is 2.00 bits per heavy atom. The van der Waals surface area contributed by atoms with Crippen molar-refractivity contribution < 1.29 is 0 Å². The van der Waals surface area contributed by atoms with Crippen LogP contribution in [0.25, 0.3) is 0 Å². The van der Waals surface area contributed by atoms with E-state index in [0.717, 1.165) is 26.2 Å². The highest BCUT2D eigenvalue weighted by Gasteiger charge is 2.16. The highest BCUT2D eigenvalue weighted by Crippen LogP contribution is 2.21. The van der Waals surface area contributed by atoms with Gasteiger partial charge in [0, 0.05) is 37.9 Å². The molecule has 0 saturated carbocycles. The molecular weight excluding hydrogens is 248 g/mol. The SMILES string of the molecule is CN1CCCN(c2cnccc2CNC(C)(C)C)CC1. The fourth-order valence-corrected chi connectivity index (χ4v) is 2.50. The molecule has 4 nitrogen and oxygen atoms in total. The molecule has 0 amide bonds. The van der Waals surface area contributed by atoms with E-state index < -0.39 is 0 Å². The van der Waals surface area contributed by atoms with E-state index in [1.807, 2.05) is 12.4 Å². The molecule has 1 N–H and O–H groups in total. The minimum Gasteiger partial charge on any atom is -0.369 e. The highest BCUT2D eigenvalue weighted by molar-refractivity contribution is 5.51. The number of aromatic nitrogens is 1. The second-order valence-corrected chi connectivity index (χ2v) is 6.75. The predicted octanol–water partition coefficient (Wildman–Crippen LogP) is 2.11. The van der Waals surface area contributed by atoms with E-state index in [-0.39, 0.29) is 5.54 Å². The van der Waals surface area contributed by atoms with Gasteiger partial charge in [-0.05, 0) is 52.4 Å². The van der Waals surface area contributed by atoms with Gasteiger partial charge in [-0.2, -0.15) is 0 Å². The predicted molar refractivity (Wildman–Crippen MR) is 85.2 cm³/mol. The fraction of sp³-hybridized carbons (Fsp3) is 0.688. The first-order chi connectivity index (χ1) is 9.46. The van der Waals surface area contributed by atoms with Gasteiger partial charge in [-0.15, -0.1) is 0 Å². The largest absolute Gasteiger partial charge is 0.369 e. The zero-order chi connectivity index (χ0) is 14.6. The molecule has 0 radical (unpaired) electrons. The van der Waals surface area contributed by atoms with Crippen LogP contribution in [-0.2, 0) is 6.54 Å². The number of nitrogens with zero attached hydrogens (tertiary/aromatic N) is 3. The summed E-state index contributed by atoms with van der Waals surface area (Å²) >= 11 is 0. The summed E-state index contributed by atoms with van der Waals surface area (Å²) in [5.74, 6) is 0. The Hall–Kier alpha value is -1.13. The Balaban J connectivity index is 2.10. The summed E-state index contributed by atoms with van der Waals surface area (Å²) in [6.07, 6.45) is 5.13. The average molecular weight is 276 g/mol. The molecule has 1 aromatic heterocycles. The summed E-state index contributed by atoms with van der Waals surface area (Å²) in [5, 5.41) is 3.58. The number of rotatable bonds is 3. The first-order valence-corrected chi connectivity index (χ1v) is 7.57. The Morgan fingerprint density at radius 1 is 1.20 bits per heavy atom. The van der Waals surface area contributed by atoms with Crippen molar-refractivity contribution in [3.8, 4) is 0 Å². The van der Waals surface area contributed by atoms with Crippen LogP contribution < -0.4 is 10.2 Å². The number of hydrogen-bond donors (Lipinski definition) is 1. The molecule has 1 fully saturated rings. The van der Waals surface area contributed by atoms with Crippen molar-refractivity contribution in [3.63, 3.8) is 0 Å². The molecule has 1 aliphatic heterocycles. The molecule has 0 aliphatic carbocycles. The van der Waals surface area contributed by atoms with E-state index in [4.69, 9.17) is 0 Å². The molecule has 0 bridgehead atoms. The lowest BCUT2D eigenvalue weighted by Gasteiger charge is -2.27. The Labute approximate surface area is 123 Å². The summed E-state index contributed by atoms with van der Waals surface area (Å²) in [4.78, 5) is 9.22. The molecule has 0 unspecified atom stereocenters. The maximum absolute atomic E-state index is 4.33. The van der Waals surface area contributed by atoms with Gasteiger partial charge in [-0.25, -0.2) is 0 Å². The molecule has 1 aliphatic rings. The minimum absolute atomic E-state index is 0.138. The lowest BCUT2D eigenvalue weighted by atomic mass is 10.1. The molecule has 0 spiro atoms. The topological polar surface area (TPSA) is 31.4 Å². The molecule has 1 aromatic rings. The first-order valence-electron chi connectivity index (χ1n) is 7.57. The van der Waals surface area contributed by atoms with Crippen LogP contribution in [-0.4, -0.2) is 48.6 Å². The van der Waals surface area contributed by atoms with Gasteiger partial charge in [0.05, 0.1) is 11.9 Å². The van der Waals surface area contributed by atoms with Gasteiger partial charge in [0.15, 0.2) is 0 Å². The quantitative estimate of drug-likeness (QED) is 0.916. The lowest BCUT2D eigenvalue weighted by molar-refractivity contribution is 0.360. The lowest BCUT2D eigenvalue weighted by Crippen LogP contribution is -2.36. The van der Waals surface area contributed by atoms with E-state index >= 15 is 0 Å². The number of likely N-dealkylation sites (N-methyl/N-ethyl adjacent to an activating group) is 1. The second kappa shape index (κ2) is 6.55.